The van der Waals surface area contributed by atoms with Crippen molar-refractivity contribution in [1.82, 2.24) is 4.90 Å². The van der Waals surface area contributed by atoms with Gasteiger partial charge in [0.25, 0.3) is 0 Å². The van der Waals surface area contributed by atoms with Crippen molar-refractivity contribution in [3.8, 4) is 0 Å². The molecule has 0 bridgehead atoms. The number of nitrogens with zero attached hydrogens (tertiary/aromatic N) is 1. The van der Waals surface area contributed by atoms with E-state index in [4.69, 9.17) is 10.5 Å². The molecular weight excluding hydrogens is 268 g/mol. The van der Waals surface area contributed by atoms with E-state index in [-0.39, 0.29) is 11.1 Å². The molecule has 20 heavy (non-hydrogen) atoms. The molecule has 0 amide bonds. The van der Waals surface area contributed by atoms with Crippen LogP contribution in [-0.4, -0.2) is 35.7 Å². The lowest BCUT2D eigenvalue weighted by Gasteiger charge is -2.51. The third kappa shape index (κ3) is 3.25. The van der Waals surface area contributed by atoms with Crippen molar-refractivity contribution in [2.75, 3.05) is 19.7 Å². The van der Waals surface area contributed by atoms with Gasteiger partial charge in [-0.05, 0) is 44.2 Å². The van der Waals surface area contributed by atoms with Crippen molar-refractivity contribution in [3.63, 3.8) is 0 Å². The van der Waals surface area contributed by atoms with E-state index >= 15 is 0 Å². The van der Waals surface area contributed by atoms with Crippen molar-refractivity contribution in [3.05, 3.63) is 22.4 Å². The Kier molecular flexibility index (Phi) is 5.24. The van der Waals surface area contributed by atoms with Crippen molar-refractivity contribution >= 4 is 11.3 Å². The molecule has 0 spiro atoms. The van der Waals surface area contributed by atoms with E-state index in [2.05, 4.69) is 43.2 Å². The van der Waals surface area contributed by atoms with Crippen LogP contribution in [0.1, 0.15) is 44.9 Å². The summed E-state index contributed by atoms with van der Waals surface area (Å²) in [5.41, 5.74) is 6.28. The highest BCUT2D eigenvalue weighted by Crippen LogP contribution is 2.38. The Morgan fingerprint density at radius 1 is 1.45 bits per heavy atom. The lowest BCUT2D eigenvalue weighted by Crippen LogP contribution is -2.60. The second-order valence-corrected chi connectivity index (χ2v) is 7.13. The molecule has 1 fully saturated rings. The molecule has 1 aliphatic rings. The molecule has 0 aromatic carbocycles. The average molecular weight is 296 g/mol. The number of rotatable bonds is 6. The quantitative estimate of drug-likeness (QED) is 0.876. The summed E-state index contributed by atoms with van der Waals surface area (Å²) in [6.07, 6.45) is 3.12. The maximum Gasteiger partial charge on any atom is 0.0670 e. The van der Waals surface area contributed by atoms with Gasteiger partial charge in [0.1, 0.15) is 0 Å². The monoisotopic (exact) mass is 296 g/mol. The molecule has 0 radical (unpaired) electrons. The second-order valence-electron chi connectivity index (χ2n) is 6.10. The summed E-state index contributed by atoms with van der Waals surface area (Å²) in [5, 5.41) is 2.15. The van der Waals surface area contributed by atoms with Gasteiger partial charge in [0.05, 0.1) is 5.60 Å². The summed E-state index contributed by atoms with van der Waals surface area (Å²) in [5.74, 6) is 0. The Labute approximate surface area is 127 Å². The van der Waals surface area contributed by atoms with Crippen molar-refractivity contribution in [2.24, 2.45) is 5.73 Å². The molecule has 1 aliphatic heterocycles. The molecule has 1 aromatic rings. The van der Waals surface area contributed by atoms with Crippen molar-refractivity contribution in [2.45, 2.75) is 57.7 Å². The van der Waals surface area contributed by atoms with E-state index in [0.29, 0.717) is 6.54 Å². The Hall–Kier alpha value is -0.420. The highest BCUT2D eigenvalue weighted by atomic mass is 32.1. The third-order valence-corrected chi connectivity index (χ3v) is 5.69. The van der Waals surface area contributed by atoms with Gasteiger partial charge in [-0.1, -0.05) is 19.9 Å². The fourth-order valence-corrected chi connectivity index (χ4v) is 4.05. The zero-order valence-corrected chi connectivity index (χ0v) is 13.8. The van der Waals surface area contributed by atoms with Crippen LogP contribution in [0.25, 0.3) is 0 Å². The molecule has 1 aromatic heterocycles. The first-order valence-electron chi connectivity index (χ1n) is 7.69. The van der Waals surface area contributed by atoms with E-state index < -0.39 is 0 Å². The summed E-state index contributed by atoms with van der Waals surface area (Å²) < 4.78 is 6.02. The van der Waals surface area contributed by atoms with Gasteiger partial charge in [0.2, 0.25) is 0 Å². The third-order valence-electron chi connectivity index (χ3n) is 4.83. The molecule has 2 N–H and O–H groups in total. The van der Waals surface area contributed by atoms with Crippen LogP contribution >= 0.6 is 11.3 Å². The molecule has 4 heteroatoms. The second kappa shape index (κ2) is 6.56. The van der Waals surface area contributed by atoms with Gasteiger partial charge in [-0.25, -0.2) is 0 Å². The molecular formula is C16H28N2OS. The van der Waals surface area contributed by atoms with Gasteiger partial charge in [0, 0.05) is 30.1 Å². The van der Waals surface area contributed by atoms with E-state index in [1.165, 1.54) is 4.88 Å². The molecule has 0 saturated carbocycles. The van der Waals surface area contributed by atoms with Gasteiger partial charge < -0.3 is 10.5 Å². The molecule has 1 saturated heterocycles. The molecule has 3 nitrogen and oxygen atoms in total. The first-order valence-corrected chi connectivity index (χ1v) is 8.57. The van der Waals surface area contributed by atoms with Gasteiger partial charge in [-0.15, -0.1) is 11.3 Å². The first kappa shape index (κ1) is 16.0. The van der Waals surface area contributed by atoms with Crippen LogP contribution in [0, 0.1) is 0 Å². The zero-order valence-electron chi connectivity index (χ0n) is 13.0. The maximum absolute atomic E-state index is 6.23. The minimum Gasteiger partial charge on any atom is -0.375 e. The fraction of sp³-hybridized carbons (Fsp3) is 0.750. The van der Waals surface area contributed by atoms with E-state index in [1.54, 1.807) is 0 Å². The van der Waals surface area contributed by atoms with Crippen LogP contribution in [0.4, 0.5) is 0 Å². The number of likely N-dealkylation sites (N-methyl/N-ethyl adjacent to an activating group) is 1. The number of hydrogen-bond donors (Lipinski definition) is 1. The Bertz CT molecular complexity index is 409. The van der Waals surface area contributed by atoms with E-state index in [9.17, 15) is 0 Å². The van der Waals surface area contributed by atoms with Gasteiger partial charge >= 0.3 is 0 Å². The van der Waals surface area contributed by atoms with Gasteiger partial charge in [-0.3, -0.25) is 4.90 Å². The van der Waals surface area contributed by atoms with Crippen molar-refractivity contribution < 1.29 is 4.74 Å². The van der Waals surface area contributed by atoms with Crippen molar-refractivity contribution in [1.29, 1.82) is 0 Å². The molecule has 2 heterocycles. The first-order chi connectivity index (χ1) is 9.57. The van der Waals surface area contributed by atoms with Gasteiger partial charge in [0.15, 0.2) is 0 Å². The Morgan fingerprint density at radius 2 is 2.25 bits per heavy atom. The topological polar surface area (TPSA) is 38.5 Å². The summed E-state index contributed by atoms with van der Waals surface area (Å²) >= 11 is 1.83. The van der Waals surface area contributed by atoms with Crippen LogP contribution < -0.4 is 5.73 Å². The maximum atomic E-state index is 6.23. The smallest absolute Gasteiger partial charge is 0.0670 e. The SMILES string of the molecule is CCN(Cc1cccs1)C1(CN)CCOC(C)(CC)C1. The van der Waals surface area contributed by atoms with E-state index in [1.807, 2.05) is 11.3 Å². The zero-order chi connectivity index (χ0) is 14.6. The predicted octanol–water partition coefficient (Wildman–Crippen LogP) is 3.25. The molecule has 2 atom stereocenters. The average Bonchev–Trinajstić information content (AvgIpc) is 2.97. The standard InChI is InChI=1S/C16H28N2OS/c1-4-15(3)12-16(13-17,8-9-19-15)18(5-2)11-14-7-6-10-20-14/h6-7,10H,4-5,8-9,11-13,17H2,1-3H3. The Balaban J connectivity index is 2.18. The minimum absolute atomic E-state index is 0.0273. The van der Waals surface area contributed by atoms with Crippen LogP contribution in [-0.2, 0) is 11.3 Å². The largest absolute Gasteiger partial charge is 0.375 e. The Morgan fingerprint density at radius 3 is 2.80 bits per heavy atom. The number of ether oxygens (including phenoxy) is 1. The molecule has 2 rings (SSSR count). The lowest BCUT2D eigenvalue weighted by molar-refractivity contribution is -0.130. The summed E-state index contributed by atoms with van der Waals surface area (Å²) in [7, 11) is 0. The van der Waals surface area contributed by atoms with Crippen LogP contribution in [0.15, 0.2) is 17.5 Å². The number of thiophene rings is 1. The number of hydrogen-bond acceptors (Lipinski definition) is 4. The summed E-state index contributed by atoms with van der Waals surface area (Å²) in [6, 6.07) is 4.35. The lowest BCUT2D eigenvalue weighted by atomic mass is 9.78. The van der Waals surface area contributed by atoms with Crippen LogP contribution in [0.2, 0.25) is 0 Å². The minimum atomic E-state index is -0.0273. The molecule has 114 valence electrons. The highest BCUT2D eigenvalue weighted by molar-refractivity contribution is 7.09. The summed E-state index contributed by atoms with van der Waals surface area (Å²) in [4.78, 5) is 3.99. The number of nitrogens with two attached hydrogens (primary N) is 1. The fourth-order valence-electron chi connectivity index (χ4n) is 3.33. The van der Waals surface area contributed by atoms with Crippen LogP contribution in [0.5, 0.6) is 0 Å². The van der Waals surface area contributed by atoms with Gasteiger partial charge in [-0.2, -0.15) is 0 Å². The highest BCUT2D eigenvalue weighted by Gasteiger charge is 2.44. The molecule has 0 aliphatic carbocycles. The predicted molar refractivity (Wildman–Crippen MR) is 86.1 cm³/mol. The molecule has 2 unspecified atom stereocenters. The summed E-state index contributed by atoms with van der Waals surface area (Å²) in [6.45, 7) is 10.3. The van der Waals surface area contributed by atoms with Crippen LogP contribution in [0.3, 0.4) is 0 Å². The normalized spacial score (nSPS) is 30.9. The van der Waals surface area contributed by atoms with E-state index in [0.717, 1.165) is 39.0 Å².